The van der Waals surface area contributed by atoms with E-state index in [1.807, 2.05) is 0 Å². The van der Waals surface area contributed by atoms with Gasteiger partial charge in [-0.2, -0.15) is 23.1 Å². The van der Waals surface area contributed by atoms with E-state index >= 15 is 0 Å². The van der Waals surface area contributed by atoms with E-state index in [1.54, 1.807) is 6.07 Å². The van der Waals surface area contributed by atoms with Crippen LogP contribution in [0.15, 0.2) is 42.5 Å². The molecule has 0 radical (unpaired) electrons. The molecule has 0 saturated carbocycles. The van der Waals surface area contributed by atoms with Crippen LogP contribution >= 0.6 is 11.6 Å². The first-order chi connectivity index (χ1) is 16.4. The number of benzene rings is 2. The third kappa shape index (κ3) is 5.51. The van der Waals surface area contributed by atoms with Gasteiger partial charge in [0.1, 0.15) is 5.82 Å². The van der Waals surface area contributed by atoms with Crippen LogP contribution in [0.5, 0.6) is 6.01 Å². The molecule has 3 aromatic rings. The average molecular weight is 513 g/mol. The molecular formula is C23H21ClF4N4O3. The summed E-state index contributed by atoms with van der Waals surface area (Å²) in [6, 6.07) is 9.17. The Bertz CT molecular complexity index is 1220. The first-order valence-corrected chi connectivity index (χ1v) is 10.6. The highest BCUT2D eigenvalue weighted by Gasteiger charge is 2.57. The fourth-order valence-corrected chi connectivity index (χ4v) is 3.24. The number of hydrogen-bond acceptors (Lipinski definition) is 6. The standard InChI is InChI=1S/C23H21ClF4N4O3/c1-12(29-20(33)22(2,35-4)23(26,27)28)14-7-10-17(24)16(11-14)19-30-18(31-21(32-19)34-3)13-5-8-15(25)9-6-13/h5-12H,1-4H3,(H,29,33)/t12?,22-/m1/s1. The van der Waals surface area contributed by atoms with E-state index in [2.05, 4.69) is 25.0 Å². The molecule has 1 N–H and O–H groups in total. The normalized spacial score (nSPS) is 14.2. The van der Waals surface area contributed by atoms with Crippen LogP contribution in [0.2, 0.25) is 5.02 Å². The van der Waals surface area contributed by atoms with Gasteiger partial charge in [0.2, 0.25) is 5.60 Å². The molecule has 186 valence electrons. The SMILES string of the molecule is COc1nc(-c2ccc(F)cc2)nc(-c2cc(C(C)NC(=O)[C@@](C)(OC)C(F)(F)F)ccc2Cl)n1. The van der Waals surface area contributed by atoms with E-state index < -0.39 is 29.5 Å². The van der Waals surface area contributed by atoms with E-state index in [9.17, 15) is 22.4 Å². The zero-order valence-electron chi connectivity index (χ0n) is 19.1. The summed E-state index contributed by atoms with van der Waals surface area (Å²) >= 11 is 6.36. The number of alkyl halides is 3. The molecule has 0 bridgehead atoms. The van der Waals surface area contributed by atoms with Gasteiger partial charge in [0.05, 0.1) is 18.2 Å². The van der Waals surface area contributed by atoms with Crippen LogP contribution in [0, 0.1) is 5.82 Å². The quantitative estimate of drug-likeness (QED) is 0.441. The van der Waals surface area contributed by atoms with Gasteiger partial charge in [-0.05, 0) is 55.8 Å². The molecule has 35 heavy (non-hydrogen) atoms. The average Bonchev–Trinajstić information content (AvgIpc) is 2.82. The molecule has 1 amide bonds. The van der Waals surface area contributed by atoms with Gasteiger partial charge in [0, 0.05) is 18.2 Å². The van der Waals surface area contributed by atoms with Crippen LogP contribution in [-0.2, 0) is 9.53 Å². The predicted octanol–water partition coefficient (Wildman–Crippen LogP) is 5.15. The minimum Gasteiger partial charge on any atom is -0.467 e. The van der Waals surface area contributed by atoms with Crippen LogP contribution in [0.3, 0.4) is 0 Å². The van der Waals surface area contributed by atoms with Crippen LogP contribution in [0.1, 0.15) is 25.5 Å². The highest BCUT2D eigenvalue weighted by molar-refractivity contribution is 6.33. The number of nitrogens with one attached hydrogen (secondary N) is 1. The molecule has 0 aliphatic heterocycles. The van der Waals surface area contributed by atoms with Crippen molar-refractivity contribution >= 4 is 17.5 Å². The Morgan fingerprint density at radius 3 is 2.23 bits per heavy atom. The third-order valence-electron chi connectivity index (χ3n) is 5.36. The van der Waals surface area contributed by atoms with Gasteiger partial charge in [-0.3, -0.25) is 4.79 Å². The summed E-state index contributed by atoms with van der Waals surface area (Å²) in [6.07, 6.45) is -4.92. The zero-order chi connectivity index (χ0) is 26.0. The topological polar surface area (TPSA) is 86.2 Å². The number of hydrogen-bond donors (Lipinski definition) is 1. The molecule has 0 aliphatic rings. The monoisotopic (exact) mass is 512 g/mol. The maximum absolute atomic E-state index is 13.4. The first-order valence-electron chi connectivity index (χ1n) is 10.2. The second kappa shape index (κ2) is 10.1. The van der Waals surface area contributed by atoms with Gasteiger partial charge in [0.15, 0.2) is 11.6 Å². The predicted molar refractivity (Wildman–Crippen MR) is 120 cm³/mol. The molecule has 1 unspecified atom stereocenters. The van der Waals surface area contributed by atoms with Crippen molar-refractivity contribution in [2.24, 2.45) is 0 Å². The Hall–Kier alpha value is -3.31. The number of carbonyl (C=O) groups is 1. The lowest BCUT2D eigenvalue weighted by Crippen LogP contribution is -2.56. The molecule has 3 rings (SSSR count). The number of rotatable bonds is 7. The molecule has 0 saturated heterocycles. The van der Waals surface area contributed by atoms with Crippen LogP contribution in [0.4, 0.5) is 17.6 Å². The van der Waals surface area contributed by atoms with Gasteiger partial charge in [-0.15, -0.1) is 0 Å². The van der Waals surface area contributed by atoms with Crippen LogP contribution in [-0.4, -0.2) is 46.9 Å². The number of nitrogens with zero attached hydrogens (tertiary/aromatic N) is 3. The lowest BCUT2D eigenvalue weighted by molar-refractivity contribution is -0.254. The molecule has 0 fully saturated rings. The molecular weight excluding hydrogens is 492 g/mol. The minimum absolute atomic E-state index is 0.0295. The van der Waals surface area contributed by atoms with E-state index in [0.717, 1.165) is 7.11 Å². The van der Waals surface area contributed by atoms with Crippen molar-refractivity contribution in [3.8, 4) is 28.8 Å². The third-order valence-corrected chi connectivity index (χ3v) is 5.69. The smallest absolute Gasteiger partial charge is 0.426 e. The lowest BCUT2D eigenvalue weighted by atomic mass is 10.0. The van der Waals surface area contributed by atoms with Crippen molar-refractivity contribution in [2.75, 3.05) is 14.2 Å². The van der Waals surface area contributed by atoms with E-state index in [-0.39, 0.29) is 22.7 Å². The van der Waals surface area contributed by atoms with E-state index in [1.165, 1.54) is 50.4 Å². The minimum atomic E-state index is -4.92. The number of carbonyl (C=O) groups excluding carboxylic acids is 1. The number of amides is 1. The second-order valence-electron chi connectivity index (χ2n) is 7.65. The maximum atomic E-state index is 13.4. The Morgan fingerprint density at radius 2 is 1.66 bits per heavy atom. The second-order valence-corrected chi connectivity index (χ2v) is 8.05. The maximum Gasteiger partial charge on any atom is 0.426 e. The van der Waals surface area contributed by atoms with Crippen LogP contribution in [0.25, 0.3) is 22.8 Å². The van der Waals surface area contributed by atoms with Gasteiger partial charge in [-0.25, -0.2) is 9.37 Å². The summed E-state index contributed by atoms with van der Waals surface area (Å²) in [4.78, 5) is 25.2. The summed E-state index contributed by atoms with van der Waals surface area (Å²) in [5, 5.41) is 2.56. The number of ether oxygens (including phenoxy) is 2. The van der Waals surface area contributed by atoms with Crippen molar-refractivity contribution in [1.29, 1.82) is 0 Å². The van der Waals surface area contributed by atoms with Gasteiger partial charge < -0.3 is 14.8 Å². The Labute approximate surface area is 203 Å². The Morgan fingerprint density at radius 1 is 1.03 bits per heavy atom. The van der Waals surface area contributed by atoms with Crippen molar-refractivity contribution in [3.63, 3.8) is 0 Å². The Balaban J connectivity index is 1.98. The fourth-order valence-electron chi connectivity index (χ4n) is 3.03. The summed E-state index contributed by atoms with van der Waals surface area (Å²) in [5.74, 6) is -1.48. The van der Waals surface area contributed by atoms with Gasteiger partial charge >= 0.3 is 12.2 Å². The molecule has 0 aliphatic carbocycles. The first kappa shape index (κ1) is 26.3. The number of aromatic nitrogens is 3. The van der Waals surface area contributed by atoms with Crippen molar-refractivity contribution < 1.29 is 31.8 Å². The molecule has 1 aromatic heterocycles. The summed E-state index contributed by atoms with van der Waals surface area (Å²) in [6.45, 7) is 2.16. The molecule has 2 atom stereocenters. The molecule has 1 heterocycles. The largest absolute Gasteiger partial charge is 0.467 e. The Kier molecular flexibility index (Phi) is 7.61. The number of methoxy groups -OCH3 is 2. The number of halogens is 5. The van der Waals surface area contributed by atoms with Gasteiger partial charge in [-0.1, -0.05) is 17.7 Å². The molecule has 2 aromatic carbocycles. The van der Waals surface area contributed by atoms with E-state index in [4.69, 9.17) is 16.3 Å². The molecule has 7 nitrogen and oxygen atoms in total. The summed E-state index contributed by atoms with van der Waals surface area (Å²) in [5.41, 5.74) is -1.78. The molecule has 12 heteroatoms. The highest BCUT2D eigenvalue weighted by atomic mass is 35.5. The van der Waals surface area contributed by atoms with Crippen molar-refractivity contribution in [3.05, 3.63) is 58.9 Å². The van der Waals surface area contributed by atoms with Crippen molar-refractivity contribution in [1.82, 2.24) is 20.3 Å². The summed E-state index contributed by atoms with van der Waals surface area (Å²) in [7, 11) is 2.17. The zero-order valence-corrected chi connectivity index (χ0v) is 19.8. The molecule has 0 spiro atoms. The lowest BCUT2D eigenvalue weighted by Gasteiger charge is -2.30. The van der Waals surface area contributed by atoms with Gasteiger partial charge in [0.25, 0.3) is 5.91 Å². The van der Waals surface area contributed by atoms with Crippen molar-refractivity contribution in [2.45, 2.75) is 31.7 Å². The van der Waals surface area contributed by atoms with Crippen LogP contribution < -0.4 is 10.1 Å². The highest BCUT2D eigenvalue weighted by Crippen LogP contribution is 2.35. The van der Waals surface area contributed by atoms with E-state index in [0.29, 0.717) is 23.6 Å². The summed E-state index contributed by atoms with van der Waals surface area (Å²) < 4.78 is 63.0. The fraction of sp³-hybridized carbons (Fsp3) is 0.304.